The van der Waals surface area contributed by atoms with Crippen LogP contribution in [-0.4, -0.2) is 38.0 Å². The van der Waals surface area contributed by atoms with E-state index in [2.05, 4.69) is 17.6 Å². The van der Waals surface area contributed by atoms with E-state index in [1.54, 1.807) is 0 Å². The number of carbonyl (C=O) groups is 2. The molecule has 0 aliphatic heterocycles. The Morgan fingerprint density at radius 1 is 1.12 bits per heavy atom. The van der Waals surface area contributed by atoms with E-state index in [0.717, 1.165) is 24.2 Å². The lowest BCUT2D eigenvalue weighted by molar-refractivity contribution is -0.862. The maximum atomic E-state index is 12.8. The Bertz CT molecular complexity index is 562. The van der Waals surface area contributed by atoms with E-state index in [9.17, 15) is 14.0 Å². The van der Waals surface area contributed by atoms with Crippen LogP contribution in [0.4, 0.5) is 10.1 Å². The molecule has 3 N–H and O–H groups in total. The summed E-state index contributed by atoms with van der Waals surface area (Å²) in [6, 6.07) is 5.88. The standard InChI is InChI=1S/C18H26FN3O2/c1-13-5-3-4-6-16(13)21-18(24)12-22(2)11-17(23)20-15-9-7-14(19)8-10-15/h7-10,13,16H,3-6,11-12H2,1-2H3,(H,20,23)(H,21,24)/p+1/t13-,16-/m0/s1. The minimum absolute atomic E-state index is 0.0131. The highest BCUT2D eigenvalue weighted by Gasteiger charge is 2.24. The fourth-order valence-electron chi connectivity index (χ4n) is 3.14. The van der Waals surface area contributed by atoms with Gasteiger partial charge in [0.05, 0.1) is 7.05 Å². The first-order valence-electron chi connectivity index (χ1n) is 8.60. The summed E-state index contributed by atoms with van der Waals surface area (Å²) in [5, 5.41) is 5.80. The van der Waals surface area contributed by atoms with Gasteiger partial charge in [0.1, 0.15) is 5.82 Å². The van der Waals surface area contributed by atoms with Crippen molar-refractivity contribution in [2.45, 2.75) is 38.6 Å². The topological polar surface area (TPSA) is 62.6 Å². The number of hydrogen-bond acceptors (Lipinski definition) is 2. The Hall–Kier alpha value is -1.95. The van der Waals surface area contributed by atoms with Crippen molar-refractivity contribution in [3.8, 4) is 0 Å². The molecule has 132 valence electrons. The molecule has 1 aromatic carbocycles. The molecular weight excluding hydrogens is 309 g/mol. The second-order valence-electron chi connectivity index (χ2n) is 6.80. The van der Waals surface area contributed by atoms with Crippen molar-refractivity contribution in [2.24, 2.45) is 5.92 Å². The number of likely N-dealkylation sites (N-methyl/N-ethyl adjacent to an activating group) is 1. The van der Waals surface area contributed by atoms with Crippen LogP contribution in [0, 0.1) is 11.7 Å². The minimum atomic E-state index is -0.343. The molecular formula is C18H27FN3O2+. The lowest BCUT2D eigenvalue weighted by Gasteiger charge is -2.29. The van der Waals surface area contributed by atoms with E-state index in [4.69, 9.17) is 0 Å². The number of anilines is 1. The van der Waals surface area contributed by atoms with Gasteiger partial charge in [0.25, 0.3) is 11.8 Å². The highest BCUT2D eigenvalue weighted by molar-refractivity contribution is 5.91. The number of nitrogens with one attached hydrogen (secondary N) is 3. The second-order valence-corrected chi connectivity index (χ2v) is 6.80. The van der Waals surface area contributed by atoms with Crippen LogP contribution in [0.3, 0.4) is 0 Å². The van der Waals surface area contributed by atoms with E-state index < -0.39 is 0 Å². The molecule has 6 heteroatoms. The summed E-state index contributed by atoms with van der Waals surface area (Å²) >= 11 is 0. The summed E-state index contributed by atoms with van der Waals surface area (Å²) in [7, 11) is 1.81. The second kappa shape index (κ2) is 8.78. The number of amides is 2. The predicted octanol–water partition coefficient (Wildman–Crippen LogP) is 0.974. The van der Waals surface area contributed by atoms with Crippen LogP contribution in [0.5, 0.6) is 0 Å². The summed E-state index contributed by atoms with van der Waals surface area (Å²) in [6.07, 6.45) is 4.60. The Labute approximate surface area is 142 Å². The van der Waals surface area contributed by atoms with Crippen molar-refractivity contribution in [1.82, 2.24) is 5.32 Å². The van der Waals surface area contributed by atoms with Gasteiger partial charge in [-0.2, -0.15) is 0 Å². The first-order chi connectivity index (χ1) is 11.4. The number of hydrogen-bond donors (Lipinski definition) is 3. The van der Waals surface area contributed by atoms with Gasteiger partial charge in [-0.15, -0.1) is 0 Å². The van der Waals surface area contributed by atoms with Crippen molar-refractivity contribution in [3.05, 3.63) is 30.1 Å². The first kappa shape index (κ1) is 18.4. The summed E-state index contributed by atoms with van der Waals surface area (Å²) in [6.45, 7) is 2.63. The van der Waals surface area contributed by atoms with Crippen LogP contribution in [-0.2, 0) is 9.59 Å². The third kappa shape index (κ3) is 5.92. The smallest absolute Gasteiger partial charge is 0.279 e. The lowest BCUT2D eigenvalue weighted by atomic mass is 9.86. The Morgan fingerprint density at radius 2 is 1.75 bits per heavy atom. The van der Waals surface area contributed by atoms with E-state index in [1.165, 1.54) is 30.7 Å². The molecule has 3 atom stereocenters. The van der Waals surface area contributed by atoms with E-state index in [-0.39, 0.29) is 36.8 Å². The fourth-order valence-corrected chi connectivity index (χ4v) is 3.14. The number of carbonyl (C=O) groups excluding carboxylic acids is 2. The molecule has 2 rings (SSSR count). The fraction of sp³-hybridized carbons (Fsp3) is 0.556. The van der Waals surface area contributed by atoms with Gasteiger partial charge in [0, 0.05) is 11.7 Å². The highest BCUT2D eigenvalue weighted by atomic mass is 19.1. The van der Waals surface area contributed by atoms with Gasteiger partial charge in [0.2, 0.25) is 0 Å². The average Bonchev–Trinajstić information content (AvgIpc) is 2.51. The predicted molar refractivity (Wildman–Crippen MR) is 91.2 cm³/mol. The van der Waals surface area contributed by atoms with Crippen molar-refractivity contribution < 1.29 is 18.9 Å². The summed E-state index contributed by atoms with van der Waals surface area (Å²) in [4.78, 5) is 24.9. The number of quaternary nitrogens is 1. The van der Waals surface area contributed by atoms with Crippen molar-refractivity contribution in [2.75, 3.05) is 25.5 Å². The minimum Gasteiger partial charge on any atom is -0.348 e. The van der Waals surface area contributed by atoms with Gasteiger partial charge >= 0.3 is 0 Å². The average molecular weight is 336 g/mol. The molecule has 24 heavy (non-hydrogen) atoms. The first-order valence-corrected chi connectivity index (χ1v) is 8.60. The van der Waals surface area contributed by atoms with Crippen molar-refractivity contribution in [1.29, 1.82) is 0 Å². The molecule has 5 nitrogen and oxygen atoms in total. The molecule has 0 heterocycles. The SMILES string of the molecule is C[C@H]1CCCC[C@@H]1NC(=O)C[NH+](C)CC(=O)Nc1ccc(F)cc1. The molecule has 1 aliphatic rings. The summed E-state index contributed by atoms with van der Waals surface area (Å²) in [5.41, 5.74) is 0.551. The van der Waals surface area contributed by atoms with Crippen molar-refractivity contribution in [3.63, 3.8) is 0 Å². The zero-order chi connectivity index (χ0) is 17.5. The van der Waals surface area contributed by atoms with Gasteiger partial charge in [0.15, 0.2) is 13.1 Å². The largest absolute Gasteiger partial charge is 0.348 e. The third-order valence-electron chi connectivity index (χ3n) is 4.51. The van der Waals surface area contributed by atoms with Crippen LogP contribution < -0.4 is 15.5 Å². The zero-order valence-corrected chi connectivity index (χ0v) is 14.4. The molecule has 1 fully saturated rings. The number of halogens is 1. The number of benzene rings is 1. The lowest BCUT2D eigenvalue weighted by Crippen LogP contribution is -3.11. The molecule has 0 saturated heterocycles. The van der Waals surface area contributed by atoms with Gasteiger partial charge in [-0.05, 0) is 43.0 Å². The van der Waals surface area contributed by atoms with Gasteiger partial charge in [-0.1, -0.05) is 19.8 Å². The molecule has 2 amide bonds. The van der Waals surface area contributed by atoms with E-state index in [0.29, 0.717) is 11.6 Å². The molecule has 1 aromatic rings. The van der Waals surface area contributed by atoms with Crippen LogP contribution in [0.25, 0.3) is 0 Å². The highest BCUT2D eigenvalue weighted by Crippen LogP contribution is 2.23. The molecule has 1 saturated carbocycles. The van der Waals surface area contributed by atoms with Crippen LogP contribution in [0.15, 0.2) is 24.3 Å². The van der Waals surface area contributed by atoms with Gasteiger partial charge < -0.3 is 15.5 Å². The molecule has 1 aliphatic carbocycles. The van der Waals surface area contributed by atoms with Crippen LogP contribution >= 0.6 is 0 Å². The normalized spacial score (nSPS) is 21.8. The molecule has 0 spiro atoms. The Kier molecular flexibility index (Phi) is 6.73. The molecule has 0 bridgehead atoms. The maximum Gasteiger partial charge on any atom is 0.279 e. The van der Waals surface area contributed by atoms with E-state index in [1.807, 2.05) is 7.05 Å². The molecule has 0 radical (unpaired) electrons. The maximum absolute atomic E-state index is 12.8. The van der Waals surface area contributed by atoms with Crippen LogP contribution in [0.1, 0.15) is 32.6 Å². The monoisotopic (exact) mass is 336 g/mol. The zero-order valence-electron chi connectivity index (χ0n) is 14.4. The Balaban J connectivity index is 1.73. The van der Waals surface area contributed by atoms with Crippen molar-refractivity contribution >= 4 is 17.5 Å². The molecule has 1 unspecified atom stereocenters. The van der Waals surface area contributed by atoms with Gasteiger partial charge in [-0.3, -0.25) is 9.59 Å². The quantitative estimate of drug-likeness (QED) is 0.725. The van der Waals surface area contributed by atoms with Crippen LogP contribution in [0.2, 0.25) is 0 Å². The number of rotatable bonds is 6. The Morgan fingerprint density at radius 3 is 2.42 bits per heavy atom. The van der Waals surface area contributed by atoms with Gasteiger partial charge in [-0.25, -0.2) is 4.39 Å². The van der Waals surface area contributed by atoms with E-state index >= 15 is 0 Å². The summed E-state index contributed by atoms with van der Waals surface area (Å²) in [5.74, 6) is -0.0343. The third-order valence-corrected chi connectivity index (χ3v) is 4.51. The molecule has 0 aromatic heterocycles. The summed E-state index contributed by atoms with van der Waals surface area (Å²) < 4.78 is 12.8.